The van der Waals surface area contributed by atoms with E-state index in [1.54, 1.807) is 18.3 Å². The third-order valence-corrected chi connectivity index (χ3v) is 3.88. The van der Waals surface area contributed by atoms with E-state index in [1.165, 1.54) is 0 Å². The minimum atomic E-state index is -0.374. The molecule has 0 fully saturated rings. The second kappa shape index (κ2) is 6.22. The molecule has 3 rings (SSSR count). The second-order valence-electron chi connectivity index (χ2n) is 5.34. The van der Waals surface area contributed by atoms with Gasteiger partial charge >= 0.3 is 5.97 Å². The van der Waals surface area contributed by atoms with Crippen molar-refractivity contribution in [3.05, 3.63) is 76.3 Å². The standard InChI is InChI=1S/C18H16N2O2S/c1-12-3-8-16(13(2)11-12)22-17(21)14-4-6-15(7-5-14)20-10-9-19-18(20)23/h3-11H,1-2H3,(H,19,23). The first-order valence-electron chi connectivity index (χ1n) is 7.20. The summed E-state index contributed by atoms with van der Waals surface area (Å²) in [5.74, 6) is 0.207. The SMILES string of the molecule is Cc1ccc(OC(=O)c2ccc(-n3cc[nH]c3=S)cc2)c(C)c1. The van der Waals surface area contributed by atoms with Gasteiger partial charge < -0.3 is 9.72 Å². The van der Waals surface area contributed by atoms with Crippen LogP contribution in [0.5, 0.6) is 5.75 Å². The Morgan fingerprint density at radius 1 is 1.13 bits per heavy atom. The quantitative estimate of drug-likeness (QED) is 0.442. The first kappa shape index (κ1) is 15.2. The molecule has 0 aliphatic heterocycles. The summed E-state index contributed by atoms with van der Waals surface area (Å²) in [4.78, 5) is 15.2. The van der Waals surface area contributed by atoms with E-state index < -0.39 is 0 Å². The Morgan fingerprint density at radius 3 is 2.48 bits per heavy atom. The van der Waals surface area contributed by atoms with Gasteiger partial charge in [-0.05, 0) is 62.0 Å². The van der Waals surface area contributed by atoms with Gasteiger partial charge in [0.05, 0.1) is 5.56 Å². The molecule has 116 valence electrons. The van der Waals surface area contributed by atoms with Crippen LogP contribution in [0.25, 0.3) is 5.69 Å². The highest BCUT2D eigenvalue weighted by molar-refractivity contribution is 7.71. The Morgan fingerprint density at radius 2 is 1.87 bits per heavy atom. The molecule has 1 N–H and O–H groups in total. The lowest BCUT2D eigenvalue weighted by molar-refractivity contribution is 0.0733. The van der Waals surface area contributed by atoms with Crippen molar-refractivity contribution < 1.29 is 9.53 Å². The van der Waals surface area contributed by atoms with Gasteiger partial charge in [0.15, 0.2) is 4.77 Å². The van der Waals surface area contributed by atoms with Gasteiger partial charge in [0, 0.05) is 18.1 Å². The van der Waals surface area contributed by atoms with Gasteiger partial charge in [0.1, 0.15) is 5.75 Å². The molecule has 1 aromatic heterocycles. The number of carbonyl (C=O) groups is 1. The number of imidazole rings is 1. The van der Waals surface area contributed by atoms with E-state index >= 15 is 0 Å². The molecule has 4 nitrogen and oxygen atoms in total. The maximum atomic E-state index is 12.3. The van der Waals surface area contributed by atoms with Crippen LogP contribution in [0, 0.1) is 18.6 Å². The van der Waals surface area contributed by atoms with Crippen LogP contribution in [0.2, 0.25) is 0 Å². The molecule has 1 heterocycles. The molecule has 0 aliphatic carbocycles. The van der Waals surface area contributed by atoms with Crippen LogP contribution < -0.4 is 4.74 Å². The average Bonchev–Trinajstić information content (AvgIpc) is 2.96. The van der Waals surface area contributed by atoms with Crippen molar-refractivity contribution in [1.29, 1.82) is 0 Å². The summed E-state index contributed by atoms with van der Waals surface area (Å²) in [6.07, 6.45) is 3.61. The molecule has 3 aromatic rings. The Hall–Kier alpha value is -2.66. The molecule has 23 heavy (non-hydrogen) atoms. The Balaban J connectivity index is 1.80. The van der Waals surface area contributed by atoms with Gasteiger partial charge in [-0.15, -0.1) is 0 Å². The summed E-state index contributed by atoms with van der Waals surface area (Å²) in [6, 6.07) is 12.9. The molecule has 0 atom stereocenters. The fourth-order valence-electron chi connectivity index (χ4n) is 2.35. The number of esters is 1. The summed E-state index contributed by atoms with van der Waals surface area (Å²) in [5.41, 5.74) is 3.46. The van der Waals surface area contributed by atoms with Crippen LogP contribution in [-0.4, -0.2) is 15.5 Å². The van der Waals surface area contributed by atoms with Gasteiger partial charge in [0.25, 0.3) is 0 Å². The van der Waals surface area contributed by atoms with Crippen molar-refractivity contribution in [2.75, 3.05) is 0 Å². The van der Waals surface area contributed by atoms with Crippen LogP contribution in [-0.2, 0) is 0 Å². The minimum absolute atomic E-state index is 0.374. The largest absolute Gasteiger partial charge is 0.423 e. The summed E-state index contributed by atoms with van der Waals surface area (Å²) >= 11 is 5.18. The number of nitrogens with zero attached hydrogens (tertiary/aromatic N) is 1. The number of aryl methyl sites for hydroxylation is 2. The number of H-pyrrole nitrogens is 1. The number of ether oxygens (including phenoxy) is 1. The molecule has 0 aliphatic rings. The lowest BCUT2D eigenvalue weighted by atomic mass is 10.1. The summed E-state index contributed by atoms with van der Waals surface area (Å²) in [5, 5.41) is 0. The van der Waals surface area contributed by atoms with E-state index in [0.29, 0.717) is 16.1 Å². The van der Waals surface area contributed by atoms with Crippen molar-refractivity contribution >= 4 is 18.2 Å². The van der Waals surface area contributed by atoms with Crippen LogP contribution in [0.15, 0.2) is 54.9 Å². The van der Waals surface area contributed by atoms with Crippen LogP contribution in [0.3, 0.4) is 0 Å². The van der Waals surface area contributed by atoms with Crippen molar-refractivity contribution in [1.82, 2.24) is 9.55 Å². The molecule has 0 spiro atoms. The number of aromatic nitrogens is 2. The average molecular weight is 324 g/mol. The Kier molecular flexibility index (Phi) is 4.12. The molecular formula is C18H16N2O2S. The maximum Gasteiger partial charge on any atom is 0.343 e. The number of rotatable bonds is 3. The van der Waals surface area contributed by atoms with E-state index in [0.717, 1.165) is 16.8 Å². The van der Waals surface area contributed by atoms with E-state index in [-0.39, 0.29) is 5.97 Å². The van der Waals surface area contributed by atoms with E-state index in [1.807, 2.05) is 54.9 Å². The number of nitrogens with one attached hydrogen (secondary N) is 1. The minimum Gasteiger partial charge on any atom is -0.423 e. The topological polar surface area (TPSA) is 47.0 Å². The summed E-state index contributed by atoms with van der Waals surface area (Å²) in [7, 11) is 0. The molecule has 0 bridgehead atoms. The zero-order chi connectivity index (χ0) is 16.4. The highest BCUT2D eigenvalue weighted by Gasteiger charge is 2.10. The molecule has 0 saturated carbocycles. The van der Waals surface area contributed by atoms with Crippen molar-refractivity contribution in [2.24, 2.45) is 0 Å². The van der Waals surface area contributed by atoms with Gasteiger partial charge in [-0.25, -0.2) is 4.79 Å². The van der Waals surface area contributed by atoms with Gasteiger partial charge in [0.2, 0.25) is 0 Å². The smallest absolute Gasteiger partial charge is 0.343 e. The third-order valence-electron chi connectivity index (χ3n) is 3.56. The predicted molar refractivity (Wildman–Crippen MR) is 91.8 cm³/mol. The molecule has 0 saturated heterocycles. The van der Waals surface area contributed by atoms with Crippen molar-refractivity contribution in [3.63, 3.8) is 0 Å². The monoisotopic (exact) mass is 324 g/mol. The van der Waals surface area contributed by atoms with Crippen molar-refractivity contribution in [3.8, 4) is 11.4 Å². The van der Waals surface area contributed by atoms with Crippen LogP contribution >= 0.6 is 12.2 Å². The fourth-order valence-corrected chi connectivity index (χ4v) is 2.59. The first-order valence-corrected chi connectivity index (χ1v) is 7.61. The van der Waals surface area contributed by atoms with Crippen LogP contribution in [0.1, 0.15) is 21.5 Å². The lowest BCUT2D eigenvalue weighted by Gasteiger charge is -2.09. The van der Waals surface area contributed by atoms with E-state index in [4.69, 9.17) is 17.0 Å². The van der Waals surface area contributed by atoms with Gasteiger partial charge in [-0.3, -0.25) is 4.57 Å². The number of aromatic amines is 1. The Labute approximate surface area is 139 Å². The van der Waals surface area contributed by atoms with E-state index in [2.05, 4.69) is 4.98 Å². The molecule has 5 heteroatoms. The number of hydrogen-bond acceptors (Lipinski definition) is 3. The van der Waals surface area contributed by atoms with E-state index in [9.17, 15) is 4.79 Å². The highest BCUT2D eigenvalue weighted by Crippen LogP contribution is 2.20. The molecule has 0 unspecified atom stereocenters. The molecule has 2 aromatic carbocycles. The van der Waals surface area contributed by atoms with Gasteiger partial charge in [-0.2, -0.15) is 0 Å². The number of carbonyl (C=O) groups excluding carboxylic acids is 1. The molecular weight excluding hydrogens is 308 g/mol. The fraction of sp³-hybridized carbons (Fsp3) is 0.111. The lowest BCUT2D eigenvalue weighted by Crippen LogP contribution is -2.09. The maximum absolute atomic E-state index is 12.3. The number of benzene rings is 2. The summed E-state index contributed by atoms with van der Waals surface area (Å²) < 4.78 is 7.90. The Bertz CT molecular complexity index is 907. The zero-order valence-corrected chi connectivity index (χ0v) is 13.7. The predicted octanol–water partition coefficient (Wildman–Crippen LogP) is 4.37. The van der Waals surface area contributed by atoms with Crippen LogP contribution in [0.4, 0.5) is 0 Å². The van der Waals surface area contributed by atoms with Crippen molar-refractivity contribution in [2.45, 2.75) is 13.8 Å². The normalized spacial score (nSPS) is 10.5. The number of hydrogen-bond donors (Lipinski definition) is 1. The third kappa shape index (κ3) is 3.24. The summed E-state index contributed by atoms with van der Waals surface area (Å²) in [6.45, 7) is 3.93. The second-order valence-corrected chi connectivity index (χ2v) is 5.73. The zero-order valence-electron chi connectivity index (χ0n) is 12.9. The highest BCUT2D eigenvalue weighted by atomic mass is 32.1. The first-order chi connectivity index (χ1) is 11.0. The molecule has 0 radical (unpaired) electrons. The van der Waals surface area contributed by atoms with Gasteiger partial charge in [-0.1, -0.05) is 17.7 Å². The molecule has 0 amide bonds.